The van der Waals surface area contributed by atoms with Crippen LogP contribution in [0.25, 0.3) is 0 Å². The number of hydrogen-bond acceptors (Lipinski definition) is 3. The summed E-state index contributed by atoms with van der Waals surface area (Å²) in [5.74, 6) is -4.80. The van der Waals surface area contributed by atoms with E-state index in [1.165, 1.54) is 0 Å². The van der Waals surface area contributed by atoms with Crippen LogP contribution in [0.15, 0.2) is 0 Å². The number of β-amino-alcohol motifs (C(OH)–C–C–N with tert-alkyl or cyclic N) is 2. The monoisotopic (exact) mass is 195 g/mol. The molecule has 1 aliphatic heterocycles. The molecule has 1 heterocycles. The predicted octanol–water partition coefficient (Wildman–Crippen LogP) is -0.794. The average Bonchev–Trinajstić information content (AvgIpc) is 2.29. The van der Waals surface area contributed by atoms with E-state index in [2.05, 4.69) is 0 Å². The van der Waals surface area contributed by atoms with E-state index < -0.39 is 24.0 Å². The van der Waals surface area contributed by atoms with Crippen LogP contribution in [-0.2, 0) is 4.79 Å². The zero-order valence-corrected chi connectivity index (χ0v) is 7.07. The van der Waals surface area contributed by atoms with Crippen molar-refractivity contribution in [3.63, 3.8) is 0 Å². The number of rotatable bonds is 1. The van der Waals surface area contributed by atoms with Gasteiger partial charge in [0.05, 0.1) is 12.2 Å². The highest BCUT2D eigenvalue weighted by molar-refractivity contribution is 5.83. The van der Waals surface area contributed by atoms with Crippen molar-refractivity contribution in [1.29, 1.82) is 0 Å². The van der Waals surface area contributed by atoms with Gasteiger partial charge in [-0.3, -0.25) is 4.79 Å². The summed E-state index contributed by atoms with van der Waals surface area (Å²) in [5.41, 5.74) is 0. The molecule has 13 heavy (non-hydrogen) atoms. The Morgan fingerprint density at radius 3 is 2.08 bits per heavy atom. The van der Waals surface area contributed by atoms with Gasteiger partial charge in [0.25, 0.3) is 5.91 Å². The molecule has 0 aromatic carbocycles. The van der Waals surface area contributed by atoms with E-state index in [0.29, 0.717) is 6.92 Å². The molecule has 0 aromatic heterocycles. The minimum Gasteiger partial charge on any atom is -0.388 e. The smallest absolute Gasteiger partial charge is 0.322 e. The van der Waals surface area contributed by atoms with Crippen molar-refractivity contribution >= 4 is 5.91 Å². The third-order valence-electron chi connectivity index (χ3n) is 1.92. The maximum absolute atomic E-state index is 12.5. The Balaban J connectivity index is 2.61. The molecule has 76 valence electrons. The van der Waals surface area contributed by atoms with Gasteiger partial charge in [-0.05, 0) is 0 Å². The second-order valence-corrected chi connectivity index (χ2v) is 3.23. The summed E-state index contributed by atoms with van der Waals surface area (Å²) in [5, 5.41) is 18.0. The highest BCUT2D eigenvalue weighted by Gasteiger charge is 2.42. The highest BCUT2D eigenvalue weighted by atomic mass is 19.3. The van der Waals surface area contributed by atoms with Crippen molar-refractivity contribution in [3.8, 4) is 0 Å². The number of alkyl halides is 2. The van der Waals surface area contributed by atoms with Gasteiger partial charge in [0.15, 0.2) is 0 Å². The molecule has 0 bridgehead atoms. The van der Waals surface area contributed by atoms with Gasteiger partial charge in [0, 0.05) is 20.0 Å². The molecule has 0 aromatic rings. The van der Waals surface area contributed by atoms with Crippen molar-refractivity contribution in [1.82, 2.24) is 4.90 Å². The first-order chi connectivity index (χ1) is 5.82. The number of hydrogen-bond donors (Lipinski definition) is 2. The quantitative estimate of drug-likeness (QED) is 0.576. The number of aliphatic hydroxyl groups is 2. The Hall–Kier alpha value is -0.750. The van der Waals surface area contributed by atoms with Crippen LogP contribution in [0.3, 0.4) is 0 Å². The lowest BCUT2D eigenvalue weighted by molar-refractivity contribution is -0.154. The molecule has 2 unspecified atom stereocenters. The van der Waals surface area contributed by atoms with E-state index in [0.717, 1.165) is 4.90 Å². The van der Waals surface area contributed by atoms with Gasteiger partial charge in [0.1, 0.15) is 0 Å². The van der Waals surface area contributed by atoms with E-state index in [4.69, 9.17) is 10.2 Å². The largest absolute Gasteiger partial charge is 0.388 e. The molecule has 1 saturated heterocycles. The van der Waals surface area contributed by atoms with Crippen molar-refractivity contribution < 1.29 is 23.8 Å². The van der Waals surface area contributed by atoms with Crippen LogP contribution in [0.4, 0.5) is 8.78 Å². The van der Waals surface area contributed by atoms with Gasteiger partial charge in [0.2, 0.25) is 0 Å². The van der Waals surface area contributed by atoms with Gasteiger partial charge in [-0.15, -0.1) is 0 Å². The molecular formula is C7H11F2NO3. The standard InChI is InChI=1S/C7H11F2NO3/c1-7(8,9)6(13)10-2-4(11)5(12)3-10/h4-5,11-12H,2-3H2,1H3. The molecule has 4 nitrogen and oxygen atoms in total. The molecule has 6 heteroatoms. The molecule has 0 spiro atoms. The average molecular weight is 195 g/mol. The molecule has 1 aliphatic rings. The second-order valence-electron chi connectivity index (χ2n) is 3.23. The Morgan fingerprint density at radius 2 is 1.77 bits per heavy atom. The van der Waals surface area contributed by atoms with Crippen LogP contribution < -0.4 is 0 Å². The van der Waals surface area contributed by atoms with Gasteiger partial charge < -0.3 is 15.1 Å². The summed E-state index contributed by atoms with van der Waals surface area (Å²) in [6.07, 6.45) is -2.24. The number of carbonyl (C=O) groups excluding carboxylic acids is 1. The van der Waals surface area contributed by atoms with Crippen LogP contribution in [0.1, 0.15) is 6.92 Å². The van der Waals surface area contributed by atoms with Crippen LogP contribution in [0.5, 0.6) is 0 Å². The number of halogens is 2. The van der Waals surface area contributed by atoms with Crippen LogP contribution in [0.2, 0.25) is 0 Å². The molecule has 1 fully saturated rings. The van der Waals surface area contributed by atoms with E-state index in [1.54, 1.807) is 0 Å². The van der Waals surface area contributed by atoms with E-state index >= 15 is 0 Å². The van der Waals surface area contributed by atoms with Gasteiger partial charge >= 0.3 is 5.92 Å². The SMILES string of the molecule is CC(F)(F)C(=O)N1CC(O)C(O)C1. The minimum atomic E-state index is -3.44. The first kappa shape index (κ1) is 10.3. The first-order valence-electron chi connectivity index (χ1n) is 3.85. The van der Waals surface area contributed by atoms with Gasteiger partial charge in [-0.25, -0.2) is 0 Å². The number of nitrogens with zero attached hydrogens (tertiary/aromatic N) is 1. The molecule has 1 amide bonds. The summed E-state index contributed by atoms with van der Waals surface area (Å²) in [4.78, 5) is 11.7. The Morgan fingerprint density at radius 1 is 1.38 bits per heavy atom. The van der Waals surface area contributed by atoms with E-state index in [9.17, 15) is 13.6 Å². The van der Waals surface area contributed by atoms with Crippen molar-refractivity contribution in [2.24, 2.45) is 0 Å². The lowest BCUT2D eigenvalue weighted by Gasteiger charge is -2.19. The van der Waals surface area contributed by atoms with Crippen LogP contribution in [0, 0.1) is 0 Å². The second kappa shape index (κ2) is 3.19. The van der Waals surface area contributed by atoms with Crippen LogP contribution in [-0.4, -0.2) is 52.2 Å². The fourth-order valence-corrected chi connectivity index (χ4v) is 1.21. The minimum absolute atomic E-state index is 0.233. The lowest BCUT2D eigenvalue weighted by Crippen LogP contribution is -2.41. The first-order valence-corrected chi connectivity index (χ1v) is 3.85. The summed E-state index contributed by atoms with van der Waals surface area (Å²) in [6, 6.07) is 0. The number of amides is 1. The topological polar surface area (TPSA) is 60.8 Å². The summed E-state index contributed by atoms with van der Waals surface area (Å²) in [7, 11) is 0. The lowest BCUT2D eigenvalue weighted by atomic mass is 10.3. The van der Waals surface area contributed by atoms with Crippen molar-refractivity contribution in [2.45, 2.75) is 25.1 Å². The molecule has 0 radical (unpaired) electrons. The molecule has 1 rings (SSSR count). The molecule has 0 saturated carbocycles. The Kier molecular flexibility index (Phi) is 2.53. The number of carbonyl (C=O) groups is 1. The molecular weight excluding hydrogens is 184 g/mol. The summed E-state index contributed by atoms with van der Waals surface area (Å²) in [6.45, 7) is 0.0271. The maximum Gasteiger partial charge on any atom is 0.322 e. The Labute approximate surface area is 73.8 Å². The Bertz CT molecular complexity index is 206. The van der Waals surface area contributed by atoms with Crippen molar-refractivity contribution in [3.05, 3.63) is 0 Å². The third-order valence-corrected chi connectivity index (χ3v) is 1.92. The zero-order valence-electron chi connectivity index (χ0n) is 7.07. The predicted molar refractivity (Wildman–Crippen MR) is 39.2 cm³/mol. The van der Waals surface area contributed by atoms with Gasteiger partial charge in [-0.2, -0.15) is 8.78 Å². The molecule has 2 atom stereocenters. The normalized spacial score (nSPS) is 29.5. The van der Waals surface area contributed by atoms with E-state index in [1.807, 2.05) is 0 Å². The number of likely N-dealkylation sites (tertiary alicyclic amines) is 1. The third kappa shape index (κ3) is 2.13. The van der Waals surface area contributed by atoms with Gasteiger partial charge in [-0.1, -0.05) is 0 Å². The van der Waals surface area contributed by atoms with Crippen molar-refractivity contribution in [2.75, 3.05) is 13.1 Å². The fourth-order valence-electron chi connectivity index (χ4n) is 1.21. The molecule has 0 aliphatic carbocycles. The zero-order chi connectivity index (χ0) is 10.2. The maximum atomic E-state index is 12.5. The van der Waals surface area contributed by atoms with E-state index in [-0.39, 0.29) is 13.1 Å². The molecule has 2 N–H and O–H groups in total. The highest BCUT2D eigenvalue weighted by Crippen LogP contribution is 2.19. The number of aliphatic hydroxyl groups excluding tert-OH is 2. The van der Waals surface area contributed by atoms with Crippen LogP contribution >= 0.6 is 0 Å². The summed E-state index contributed by atoms with van der Waals surface area (Å²) >= 11 is 0. The summed E-state index contributed by atoms with van der Waals surface area (Å²) < 4.78 is 24.9. The fraction of sp³-hybridized carbons (Fsp3) is 0.857.